The minimum Gasteiger partial charge on any atom is -0.368 e. The summed E-state index contributed by atoms with van der Waals surface area (Å²) in [7, 11) is 0. The topological polar surface area (TPSA) is 15.3 Å². The summed E-state index contributed by atoms with van der Waals surface area (Å²) in [6.07, 6.45) is 0. The SMILES string of the molecule is CC.CC.c1ccc(Sc2ccccc2N2CCNCC2)cc1. The molecule has 2 nitrogen and oxygen atoms in total. The Kier molecular flexibility index (Phi) is 10.3. The molecule has 2 aromatic carbocycles. The summed E-state index contributed by atoms with van der Waals surface area (Å²) in [6, 6.07) is 19.3. The molecule has 0 atom stereocenters. The molecule has 1 fully saturated rings. The monoisotopic (exact) mass is 330 g/mol. The van der Waals surface area contributed by atoms with E-state index in [1.54, 1.807) is 0 Å². The van der Waals surface area contributed by atoms with Gasteiger partial charge in [-0.25, -0.2) is 0 Å². The van der Waals surface area contributed by atoms with Crippen LogP contribution in [0.2, 0.25) is 0 Å². The Bertz CT molecular complexity index is 522. The molecular formula is C20H30N2S. The second kappa shape index (κ2) is 12.0. The first-order chi connectivity index (χ1) is 11.4. The fraction of sp³-hybridized carbons (Fsp3) is 0.400. The molecule has 126 valence electrons. The molecule has 2 aromatic rings. The first-order valence-electron chi connectivity index (χ1n) is 8.71. The predicted molar refractivity (Wildman–Crippen MR) is 105 cm³/mol. The summed E-state index contributed by atoms with van der Waals surface area (Å²) in [5.41, 5.74) is 1.36. The van der Waals surface area contributed by atoms with Gasteiger partial charge in [0, 0.05) is 36.0 Å². The molecule has 3 heteroatoms. The van der Waals surface area contributed by atoms with E-state index in [9.17, 15) is 0 Å². The van der Waals surface area contributed by atoms with Crippen LogP contribution < -0.4 is 10.2 Å². The van der Waals surface area contributed by atoms with Gasteiger partial charge in [-0.15, -0.1) is 0 Å². The summed E-state index contributed by atoms with van der Waals surface area (Å²) in [5, 5.41) is 3.41. The third kappa shape index (κ3) is 6.28. The van der Waals surface area contributed by atoms with E-state index in [4.69, 9.17) is 0 Å². The average Bonchev–Trinajstić information content (AvgIpc) is 2.67. The Labute approximate surface area is 146 Å². The van der Waals surface area contributed by atoms with E-state index in [-0.39, 0.29) is 0 Å². The first kappa shape index (κ1) is 19.6. The maximum atomic E-state index is 3.41. The van der Waals surface area contributed by atoms with Gasteiger partial charge in [0.25, 0.3) is 0 Å². The van der Waals surface area contributed by atoms with Gasteiger partial charge in [0.1, 0.15) is 0 Å². The molecule has 0 amide bonds. The highest BCUT2D eigenvalue weighted by molar-refractivity contribution is 7.99. The van der Waals surface area contributed by atoms with Gasteiger partial charge >= 0.3 is 0 Å². The molecule has 1 heterocycles. The molecule has 0 spiro atoms. The van der Waals surface area contributed by atoms with Gasteiger partial charge in [-0.05, 0) is 24.3 Å². The summed E-state index contributed by atoms with van der Waals surface area (Å²) in [4.78, 5) is 5.11. The third-order valence-electron chi connectivity index (χ3n) is 3.29. The van der Waals surface area contributed by atoms with Gasteiger partial charge in [-0.2, -0.15) is 0 Å². The number of hydrogen-bond donors (Lipinski definition) is 1. The number of hydrogen-bond acceptors (Lipinski definition) is 3. The van der Waals surface area contributed by atoms with Crippen LogP contribution in [-0.2, 0) is 0 Å². The molecule has 0 aromatic heterocycles. The van der Waals surface area contributed by atoms with Crippen molar-refractivity contribution in [3.05, 3.63) is 54.6 Å². The lowest BCUT2D eigenvalue weighted by Gasteiger charge is -2.30. The molecule has 0 aliphatic carbocycles. The van der Waals surface area contributed by atoms with E-state index in [2.05, 4.69) is 64.8 Å². The zero-order valence-electron chi connectivity index (χ0n) is 14.9. The van der Waals surface area contributed by atoms with E-state index in [1.807, 2.05) is 39.5 Å². The Morgan fingerprint density at radius 1 is 0.783 bits per heavy atom. The second-order valence-electron chi connectivity index (χ2n) is 4.62. The van der Waals surface area contributed by atoms with Crippen LogP contribution in [0, 0.1) is 0 Å². The van der Waals surface area contributed by atoms with Gasteiger partial charge < -0.3 is 10.2 Å². The standard InChI is InChI=1S/C16H18N2S.2C2H6/c1-2-6-14(7-3-1)19-16-9-5-4-8-15(16)18-12-10-17-11-13-18;2*1-2/h1-9,17H,10-13H2;2*1-2H3. The fourth-order valence-corrected chi connectivity index (χ4v) is 3.32. The zero-order valence-corrected chi connectivity index (χ0v) is 15.7. The predicted octanol–water partition coefficient (Wildman–Crippen LogP) is 5.30. The highest BCUT2D eigenvalue weighted by Gasteiger charge is 2.14. The Hall–Kier alpha value is -1.45. The van der Waals surface area contributed by atoms with Crippen LogP contribution in [0.15, 0.2) is 64.4 Å². The van der Waals surface area contributed by atoms with E-state index >= 15 is 0 Å². The van der Waals surface area contributed by atoms with Crippen LogP contribution in [0.1, 0.15) is 27.7 Å². The van der Waals surface area contributed by atoms with Crippen LogP contribution in [0.5, 0.6) is 0 Å². The fourth-order valence-electron chi connectivity index (χ4n) is 2.33. The molecule has 1 aliphatic rings. The van der Waals surface area contributed by atoms with E-state index in [1.165, 1.54) is 15.5 Å². The lowest BCUT2D eigenvalue weighted by atomic mass is 10.2. The van der Waals surface area contributed by atoms with Crippen LogP contribution in [0.4, 0.5) is 5.69 Å². The molecule has 23 heavy (non-hydrogen) atoms. The van der Waals surface area contributed by atoms with Crippen LogP contribution in [-0.4, -0.2) is 26.2 Å². The van der Waals surface area contributed by atoms with E-state index in [0.717, 1.165) is 26.2 Å². The molecule has 1 aliphatic heterocycles. The summed E-state index contributed by atoms with van der Waals surface area (Å²) in [5.74, 6) is 0. The Balaban J connectivity index is 0.000000615. The van der Waals surface area contributed by atoms with Crippen LogP contribution in [0.3, 0.4) is 0 Å². The van der Waals surface area contributed by atoms with Crippen molar-refractivity contribution in [2.45, 2.75) is 37.5 Å². The number of para-hydroxylation sites is 1. The minimum absolute atomic E-state index is 1.07. The molecule has 1 saturated heterocycles. The van der Waals surface area contributed by atoms with Gasteiger partial charge in [0.15, 0.2) is 0 Å². The second-order valence-corrected chi connectivity index (χ2v) is 5.74. The highest BCUT2D eigenvalue weighted by atomic mass is 32.2. The molecule has 0 bridgehead atoms. The molecule has 1 N–H and O–H groups in total. The third-order valence-corrected chi connectivity index (χ3v) is 4.37. The van der Waals surface area contributed by atoms with Crippen molar-refractivity contribution in [2.75, 3.05) is 31.1 Å². The zero-order chi connectivity index (χ0) is 16.9. The summed E-state index contributed by atoms with van der Waals surface area (Å²) >= 11 is 1.85. The van der Waals surface area contributed by atoms with Gasteiger partial charge in [-0.1, -0.05) is 69.8 Å². The smallest absolute Gasteiger partial charge is 0.0508 e. The number of benzene rings is 2. The molecule has 0 radical (unpaired) electrons. The van der Waals surface area contributed by atoms with Crippen molar-refractivity contribution in [3.8, 4) is 0 Å². The number of nitrogens with zero attached hydrogens (tertiary/aromatic N) is 1. The highest BCUT2D eigenvalue weighted by Crippen LogP contribution is 2.35. The Morgan fingerprint density at radius 2 is 1.35 bits per heavy atom. The van der Waals surface area contributed by atoms with Crippen molar-refractivity contribution in [2.24, 2.45) is 0 Å². The molecule has 0 saturated carbocycles. The lowest BCUT2D eigenvalue weighted by molar-refractivity contribution is 0.587. The van der Waals surface area contributed by atoms with Gasteiger partial charge in [-0.3, -0.25) is 0 Å². The van der Waals surface area contributed by atoms with Crippen LogP contribution >= 0.6 is 11.8 Å². The van der Waals surface area contributed by atoms with Crippen molar-refractivity contribution < 1.29 is 0 Å². The first-order valence-corrected chi connectivity index (χ1v) is 9.53. The molecule has 0 unspecified atom stereocenters. The number of piperazine rings is 1. The molecule has 3 rings (SSSR count). The Morgan fingerprint density at radius 3 is 2.00 bits per heavy atom. The quantitative estimate of drug-likeness (QED) is 0.822. The summed E-state index contributed by atoms with van der Waals surface area (Å²) in [6.45, 7) is 12.3. The van der Waals surface area contributed by atoms with Crippen molar-refractivity contribution in [1.29, 1.82) is 0 Å². The lowest BCUT2D eigenvalue weighted by Crippen LogP contribution is -2.43. The normalized spacial score (nSPS) is 13.3. The number of anilines is 1. The van der Waals surface area contributed by atoms with Crippen molar-refractivity contribution in [1.82, 2.24) is 5.32 Å². The van der Waals surface area contributed by atoms with E-state index < -0.39 is 0 Å². The van der Waals surface area contributed by atoms with Crippen LogP contribution in [0.25, 0.3) is 0 Å². The average molecular weight is 331 g/mol. The number of nitrogens with one attached hydrogen (secondary N) is 1. The van der Waals surface area contributed by atoms with Crippen molar-refractivity contribution in [3.63, 3.8) is 0 Å². The maximum absolute atomic E-state index is 3.41. The number of rotatable bonds is 3. The van der Waals surface area contributed by atoms with Gasteiger partial charge in [0.05, 0.1) is 5.69 Å². The molecular weight excluding hydrogens is 300 g/mol. The minimum atomic E-state index is 1.07. The van der Waals surface area contributed by atoms with Crippen molar-refractivity contribution >= 4 is 17.4 Å². The van der Waals surface area contributed by atoms with E-state index in [0.29, 0.717) is 0 Å². The van der Waals surface area contributed by atoms with Gasteiger partial charge in [0.2, 0.25) is 0 Å². The largest absolute Gasteiger partial charge is 0.368 e. The maximum Gasteiger partial charge on any atom is 0.0508 e. The summed E-state index contributed by atoms with van der Waals surface area (Å²) < 4.78 is 0.